The van der Waals surface area contributed by atoms with Gasteiger partial charge >= 0.3 is 24.0 Å². The molecule has 7 N–H and O–H groups in total. The standard InChI is InChI=1S/C21H18Cl2N2O7.C17H24N2O5/c1-9(26)24-13-7-3-5-11(22)15(13)17(20(29)30)19(28)18(21(31)32)16-12(23)6-4-8-14(16)25-10(2)27;1-11(2)9-14(15(20)18-12(3)16(21)22)19-17(23)24-10-13-7-5-4-6-8-13/h3-8,17-18H,1-2H3,(H,24,26)(H,25,27)(H,29,30)(H,31,32);4-8,11-12,14H,9-10H2,1-3H3,(H,18,20)(H,19,23)(H,21,22)/t;12-,14-/m.0/s1. The molecule has 16 nitrogen and oxygen atoms in total. The fourth-order valence-corrected chi connectivity index (χ4v) is 5.75. The summed E-state index contributed by atoms with van der Waals surface area (Å²) in [5, 5.41) is 37.9. The molecule has 0 saturated carbocycles. The number of anilines is 2. The Bertz CT molecular complexity index is 1860. The van der Waals surface area contributed by atoms with E-state index in [2.05, 4.69) is 21.3 Å². The van der Waals surface area contributed by atoms with Gasteiger partial charge < -0.3 is 41.3 Å². The number of hydrogen-bond acceptors (Lipinski definition) is 9. The zero-order chi connectivity index (χ0) is 42.3. The van der Waals surface area contributed by atoms with E-state index in [9.17, 15) is 48.6 Å². The first-order valence-corrected chi connectivity index (χ1v) is 17.6. The average Bonchev–Trinajstić information content (AvgIpc) is 3.09. The van der Waals surface area contributed by atoms with Crippen molar-refractivity contribution in [3.8, 4) is 0 Å². The molecule has 300 valence electrons. The highest BCUT2D eigenvalue weighted by atomic mass is 35.5. The van der Waals surface area contributed by atoms with Crippen molar-refractivity contribution >= 4 is 82.1 Å². The minimum absolute atomic E-state index is 0.0591. The molecule has 0 aliphatic rings. The molecule has 0 saturated heterocycles. The lowest BCUT2D eigenvalue weighted by atomic mass is 9.82. The third-order valence-electron chi connectivity index (χ3n) is 7.63. The number of alkyl carbamates (subject to hydrolysis) is 1. The van der Waals surface area contributed by atoms with Gasteiger partial charge in [-0.3, -0.25) is 33.6 Å². The summed E-state index contributed by atoms with van der Waals surface area (Å²) in [5.74, 6) is -11.4. The Morgan fingerprint density at radius 2 is 1.11 bits per heavy atom. The van der Waals surface area contributed by atoms with E-state index in [1.165, 1.54) is 57.2 Å². The van der Waals surface area contributed by atoms with E-state index in [0.717, 1.165) is 5.56 Å². The van der Waals surface area contributed by atoms with Gasteiger partial charge in [-0.2, -0.15) is 0 Å². The van der Waals surface area contributed by atoms with Gasteiger partial charge in [-0.1, -0.05) is 79.5 Å². The zero-order valence-corrected chi connectivity index (χ0v) is 32.4. The molecule has 18 heteroatoms. The number of ketones is 1. The first kappa shape index (κ1) is 46.2. The molecule has 0 aliphatic heterocycles. The van der Waals surface area contributed by atoms with Crippen LogP contribution in [0, 0.1) is 5.92 Å². The Balaban J connectivity index is 0.000000404. The van der Waals surface area contributed by atoms with Crippen molar-refractivity contribution in [3.63, 3.8) is 0 Å². The summed E-state index contributed by atoms with van der Waals surface area (Å²) in [6.45, 7) is 7.60. The number of hydrogen-bond donors (Lipinski definition) is 7. The van der Waals surface area contributed by atoms with E-state index >= 15 is 0 Å². The molecule has 3 rings (SSSR count). The lowest BCUT2D eigenvalue weighted by Gasteiger charge is -2.23. The van der Waals surface area contributed by atoms with Crippen LogP contribution >= 0.6 is 23.2 Å². The molecule has 0 radical (unpaired) electrons. The van der Waals surface area contributed by atoms with Gasteiger partial charge in [0.25, 0.3) is 0 Å². The largest absolute Gasteiger partial charge is 0.480 e. The zero-order valence-electron chi connectivity index (χ0n) is 30.9. The lowest BCUT2D eigenvalue weighted by Crippen LogP contribution is -2.51. The highest BCUT2D eigenvalue weighted by Crippen LogP contribution is 2.40. The van der Waals surface area contributed by atoms with E-state index in [4.69, 9.17) is 33.0 Å². The third-order valence-corrected chi connectivity index (χ3v) is 8.28. The molecule has 4 amide bonds. The molecular weight excluding hydrogens is 775 g/mol. The highest BCUT2D eigenvalue weighted by Gasteiger charge is 2.42. The summed E-state index contributed by atoms with van der Waals surface area (Å²) >= 11 is 12.3. The number of halogens is 2. The van der Waals surface area contributed by atoms with Gasteiger partial charge in [0.1, 0.15) is 30.5 Å². The minimum Gasteiger partial charge on any atom is -0.480 e. The third kappa shape index (κ3) is 14.0. The molecule has 3 aromatic rings. The normalized spacial score (nSPS) is 12.6. The van der Waals surface area contributed by atoms with Gasteiger partial charge in [-0.25, -0.2) is 4.79 Å². The summed E-state index contributed by atoms with van der Waals surface area (Å²) in [4.78, 5) is 95.7. The molecule has 56 heavy (non-hydrogen) atoms. The topological polar surface area (TPSA) is 255 Å². The Labute approximate surface area is 331 Å². The van der Waals surface area contributed by atoms with Crippen molar-refractivity contribution in [1.29, 1.82) is 0 Å². The second-order valence-electron chi connectivity index (χ2n) is 12.7. The molecule has 0 spiro atoms. The van der Waals surface area contributed by atoms with Crippen LogP contribution in [-0.4, -0.2) is 74.9 Å². The van der Waals surface area contributed by atoms with Crippen LogP contribution in [0.3, 0.4) is 0 Å². The maximum atomic E-state index is 13.4. The van der Waals surface area contributed by atoms with Crippen molar-refractivity contribution in [1.82, 2.24) is 10.6 Å². The maximum Gasteiger partial charge on any atom is 0.408 e. The fourth-order valence-electron chi connectivity index (χ4n) is 5.19. The number of benzene rings is 3. The number of carbonyl (C=O) groups excluding carboxylic acids is 5. The van der Waals surface area contributed by atoms with Gasteiger partial charge in [-0.15, -0.1) is 0 Å². The second kappa shape index (κ2) is 21.8. The number of Topliss-reactive ketones (excluding diaryl/α,β-unsaturated/α-hetero) is 1. The number of amides is 4. The van der Waals surface area contributed by atoms with Gasteiger partial charge in [0.05, 0.1) is 0 Å². The van der Waals surface area contributed by atoms with E-state index in [-0.39, 0.29) is 45.1 Å². The quantitative estimate of drug-likeness (QED) is 0.0894. The van der Waals surface area contributed by atoms with Crippen LogP contribution in [0.4, 0.5) is 16.2 Å². The van der Waals surface area contributed by atoms with E-state index in [1.54, 1.807) is 0 Å². The molecule has 0 heterocycles. The summed E-state index contributed by atoms with van der Waals surface area (Å²) in [7, 11) is 0. The number of carbonyl (C=O) groups is 8. The van der Waals surface area contributed by atoms with Crippen LogP contribution in [0.2, 0.25) is 10.0 Å². The summed E-state index contributed by atoms with van der Waals surface area (Å²) < 4.78 is 5.10. The van der Waals surface area contributed by atoms with Crippen LogP contribution in [0.5, 0.6) is 0 Å². The fraction of sp³-hybridized carbons (Fsp3) is 0.316. The molecule has 0 fully saturated rings. The van der Waals surface area contributed by atoms with E-state index in [0.29, 0.717) is 6.42 Å². The summed E-state index contributed by atoms with van der Waals surface area (Å²) in [5.41, 5.74) is 0.159. The van der Waals surface area contributed by atoms with Crippen molar-refractivity contribution in [2.24, 2.45) is 5.92 Å². The molecule has 0 aliphatic carbocycles. The first-order chi connectivity index (χ1) is 26.2. The number of nitrogens with one attached hydrogen (secondary N) is 4. The Morgan fingerprint density at radius 1 is 0.643 bits per heavy atom. The molecular formula is C38H42Cl2N4O12. The van der Waals surface area contributed by atoms with Crippen LogP contribution in [0.25, 0.3) is 0 Å². The number of ether oxygens (including phenoxy) is 1. The number of aliphatic carboxylic acids is 3. The number of rotatable bonds is 16. The smallest absolute Gasteiger partial charge is 0.408 e. The maximum absolute atomic E-state index is 13.4. The van der Waals surface area contributed by atoms with Crippen molar-refractivity contribution in [3.05, 3.63) is 93.5 Å². The SMILES string of the molecule is CC(=O)Nc1cccc(Cl)c1C(C(=O)O)C(=O)C(C(=O)O)c1c(Cl)cccc1NC(C)=O.CC(C)C[C@H](NC(=O)OCc1ccccc1)C(=O)N[C@@H](C)C(=O)O. The molecule has 0 aromatic heterocycles. The van der Waals surface area contributed by atoms with E-state index < -0.39 is 71.4 Å². The predicted octanol–water partition coefficient (Wildman–Crippen LogP) is 5.43. The lowest BCUT2D eigenvalue weighted by molar-refractivity contribution is -0.147. The van der Waals surface area contributed by atoms with Crippen LogP contribution in [0.1, 0.15) is 69.6 Å². The Hall–Kier alpha value is -6.00. The van der Waals surface area contributed by atoms with Crippen LogP contribution in [0.15, 0.2) is 66.7 Å². The van der Waals surface area contributed by atoms with Gasteiger partial charge in [0.2, 0.25) is 17.7 Å². The monoisotopic (exact) mass is 816 g/mol. The van der Waals surface area contributed by atoms with Crippen LogP contribution < -0.4 is 21.3 Å². The summed E-state index contributed by atoms with van der Waals surface area (Å²) in [6.07, 6.45) is -0.346. The Morgan fingerprint density at radius 3 is 1.50 bits per heavy atom. The first-order valence-electron chi connectivity index (χ1n) is 16.9. The molecule has 2 unspecified atom stereocenters. The van der Waals surface area contributed by atoms with Crippen molar-refractivity contribution < 1.29 is 58.4 Å². The minimum atomic E-state index is -2.06. The molecule has 3 aromatic carbocycles. The van der Waals surface area contributed by atoms with Gasteiger partial charge in [-0.05, 0) is 49.1 Å². The molecule has 0 bridgehead atoms. The molecule has 4 atom stereocenters. The van der Waals surface area contributed by atoms with Crippen molar-refractivity contribution in [2.45, 2.75) is 71.6 Å². The van der Waals surface area contributed by atoms with Gasteiger partial charge in [0.15, 0.2) is 5.78 Å². The average molecular weight is 818 g/mol. The highest BCUT2D eigenvalue weighted by molar-refractivity contribution is 6.34. The number of carboxylic acids is 3. The predicted molar refractivity (Wildman–Crippen MR) is 206 cm³/mol. The number of carboxylic acid groups (broad SMARTS) is 3. The van der Waals surface area contributed by atoms with E-state index in [1.807, 2.05) is 44.2 Å². The van der Waals surface area contributed by atoms with Crippen LogP contribution in [-0.2, 0) is 44.9 Å². The summed E-state index contributed by atoms with van der Waals surface area (Å²) in [6, 6.07) is 15.4. The second-order valence-corrected chi connectivity index (χ2v) is 13.5. The van der Waals surface area contributed by atoms with Crippen molar-refractivity contribution in [2.75, 3.05) is 10.6 Å². The Kier molecular flexibility index (Phi) is 17.9. The van der Waals surface area contributed by atoms with Gasteiger partial charge in [0, 0.05) is 46.4 Å².